The Balaban J connectivity index is 2.25. The summed E-state index contributed by atoms with van der Waals surface area (Å²) in [5, 5.41) is 2.78. The molecule has 0 aliphatic carbocycles. The average Bonchev–Trinajstić information content (AvgIpc) is 3.13. The van der Waals surface area contributed by atoms with Gasteiger partial charge in [-0.25, -0.2) is 0 Å². The molecule has 112 valence electrons. The lowest BCUT2D eigenvalue weighted by Crippen LogP contribution is -2.16. The Morgan fingerprint density at radius 2 is 2.18 bits per heavy atom. The molecule has 2 aromatic heterocycles. The molecule has 2 heterocycles. The summed E-state index contributed by atoms with van der Waals surface area (Å²) in [6, 6.07) is 7.20. The maximum atomic E-state index is 12.2. The van der Waals surface area contributed by atoms with Crippen LogP contribution >= 0.6 is 45.9 Å². The molecule has 3 nitrogen and oxygen atoms in total. The first-order valence-corrected chi connectivity index (χ1v) is 8.78. The third-order valence-electron chi connectivity index (χ3n) is 2.97. The zero-order chi connectivity index (χ0) is 15.7. The Morgan fingerprint density at radius 1 is 1.36 bits per heavy atom. The van der Waals surface area contributed by atoms with Crippen LogP contribution in [0.3, 0.4) is 0 Å². The SMILES string of the molecule is C=CCn1c(=NC(=O)c2cccs2)sc2ccc(Cl)c(Cl)c21. The van der Waals surface area contributed by atoms with E-state index in [0.717, 1.165) is 10.2 Å². The number of fused-ring (bicyclic) bond motifs is 1. The van der Waals surface area contributed by atoms with Crippen molar-refractivity contribution in [1.29, 1.82) is 0 Å². The van der Waals surface area contributed by atoms with Gasteiger partial charge in [0.05, 0.1) is 25.1 Å². The largest absolute Gasteiger partial charge is 0.311 e. The summed E-state index contributed by atoms with van der Waals surface area (Å²) in [7, 11) is 0. The second-order valence-electron chi connectivity index (χ2n) is 4.39. The molecule has 0 aliphatic rings. The normalized spacial score (nSPS) is 12.0. The van der Waals surface area contributed by atoms with Crippen molar-refractivity contribution < 1.29 is 4.79 Å². The van der Waals surface area contributed by atoms with E-state index < -0.39 is 0 Å². The first kappa shape index (κ1) is 15.5. The van der Waals surface area contributed by atoms with E-state index in [2.05, 4.69) is 11.6 Å². The molecule has 0 N–H and O–H groups in total. The minimum absolute atomic E-state index is 0.262. The van der Waals surface area contributed by atoms with Crippen LogP contribution in [0.5, 0.6) is 0 Å². The van der Waals surface area contributed by atoms with E-state index in [1.807, 2.05) is 22.1 Å². The molecule has 0 saturated heterocycles. The highest BCUT2D eigenvalue weighted by atomic mass is 35.5. The monoisotopic (exact) mass is 368 g/mol. The molecule has 0 atom stereocenters. The highest BCUT2D eigenvalue weighted by Gasteiger charge is 2.13. The molecule has 0 unspecified atom stereocenters. The summed E-state index contributed by atoms with van der Waals surface area (Å²) in [6.07, 6.45) is 1.73. The molecule has 0 aliphatic heterocycles. The van der Waals surface area contributed by atoms with Crippen molar-refractivity contribution in [2.24, 2.45) is 4.99 Å². The van der Waals surface area contributed by atoms with Gasteiger partial charge in [-0.15, -0.1) is 17.9 Å². The molecule has 0 fully saturated rings. The van der Waals surface area contributed by atoms with Gasteiger partial charge in [-0.1, -0.05) is 46.7 Å². The first-order valence-electron chi connectivity index (χ1n) is 6.32. The van der Waals surface area contributed by atoms with Crippen LogP contribution in [-0.4, -0.2) is 10.5 Å². The van der Waals surface area contributed by atoms with Crippen LogP contribution < -0.4 is 4.80 Å². The first-order chi connectivity index (χ1) is 10.6. The van der Waals surface area contributed by atoms with E-state index in [0.29, 0.717) is 26.3 Å². The molecule has 0 bridgehead atoms. The number of carbonyl (C=O) groups is 1. The molecule has 0 spiro atoms. The number of thiophene rings is 1. The minimum Gasteiger partial charge on any atom is -0.311 e. The Morgan fingerprint density at radius 3 is 2.86 bits per heavy atom. The van der Waals surface area contributed by atoms with E-state index in [1.165, 1.54) is 22.7 Å². The number of hydrogen-bond acceptors (Lipinski definition) is 3. The van der Waals surface area contributed by atoms with Crippen LogP contribution in [0.4, 0.5) is 0 Å². The van der Waals surface area contributed by atoms with Crippen molar-refractivity contribution in [2.75, 3.05) is 0 Å². The van der Waals surface area contributed by atoms with Gasteiger partial charge >= 0.3 is 0 Å². The van der Waals surface area contributed by atoms with Gasteiger partial charge in [-0.05, 0) is 23.6 Å². The van der Waals surface area contributed by atoms with Crippen molar-refractivity contribution >= 4 is 62.0 Å². The summed E-state index contributed by atoms with van der Waals surface area (Å²) in [5.41, 5.74) is 0.775. The highest BCUT2D eigenvalue weighted by Crippen LogP contribution is 2.32. The number of benzene rings is 1. The van der Waals surface area contributed by atoms with Crippen LogP contribution in [0.2, 0.25) is 10.0 Å². The number of amides is 1. The maximum Gasteiger partial charge on any atom is 0.289 e. The van der Waals surface area contributed by atoms with Crippen molar-refractivity contribution in [3.05, 3.63) is 62.0 Å². The number of allylic oxidation sites excluding steroid dienone is 1. The van der Waals surface area contributed by atoms with E-state index >= 15 is 0 Å². The number of hydrogen-bond donors (Lipinski definition) is 0. The molecule has 7 heteroatoms. The molecule has 3 aromatic rings. The van der Waals surface area contributed by atoms with Crippen LogP contribution in [0, 0.1) is 0 Å². The fourth-order valence-corrected chi connectivity index (χ4v) is 4.16. The van der Waals surface area contributed by atoms with Crippen molar-refractivity contribution in [1.82, 2.24) is 4.57 Å². The van der Waals surface area contributed by atoms with Crippen LogP contribution in [0.25, 0.3) is 10.2 Å². The Bertz CT molecular complexity index is 923. The Hall–Kier alpha value is -1.40. The van der Waals surface area contributed by atoms with E-state index in [9.17, 15) is 4.79 Å². The number of nitrogens with zero attached hydrogens (tertiary/aromatic N) is 2. The number of rotatable bonds is 3. The lowest BCUT2D eigenvalue weighted by Gasteiger charge is -2.03. The summed E-state index contributed by atoms with van der Waals surface area (Å²) in [5.74, 6) is -0.262. The van der Waals surface area contributed by atoms with Gasteiger partial charge in [0.2, 0.25) is 0 Å². The Labute approximate surface area is 144 Å². The third-order valence-corrected chi connectivity index (χ3v) is 5.67. The summed E-state index contributed by atoms with van der Waals surface area (Å²) >= 11 is 15.2. The van der Waals surface area contributed by atoms with Crippen LogP contribution in [0.1, 0.15) is 9.67 Å². The van der Waals surface area contributed by atoms with Gasteiger partial charge in [0.1, 0.15) is 0 Å². The van der Waals surface area contributed by atoms with Crippen molar-refractivity contribution in [3.8, 4) is 0 Å². The predicted octanol–water partition coefficient (Wildman–Crippen LogP) is 5.00. The average molecular weight is 369 g/mol. The van der Waals surface area contributed by atoms with Crippen LogP contribution in [-0.2, 0) is 6.54 Å². The summed E-state index contributed by atoms with van der Waals surface area (Å²) < 4.78 is 2.78. The van der Waals surface area contributed by atoms with Gasteiger partial charge in [-0.2, -0.15) is 4.99 Å². The molecule has 0 radical (unpaired) electrons. The topological polar surface area (TPSA) is 34.4 Å². The van der Waals surface area contributed by atoms with Gasteiger partial charge in [-0.3, -0.25) is 4.79 Å². The number of aromatic nitrogens is 1. The highest BCUT2D eigenvalue weighted by molar-refractivity contribution is 7.16. The van der Waals surface area contributed by atoms with E-state index in [-0.39, 0.29) is 5.91 Å². The maximum absolute atomic E-state index is 12.2. The van der Waals surface area contributed by atoms with Gasteiger partial charge in [0, 0.05) is 6.54 Å². The molecule has 3 rings (SSSR count). The van der Waals surface area contributed by atoms with Gasteiger partial charge < -0.3 is 4.57 Å². The van der Waals surface area contributed by atoms with E-state index in [4.69, 9.17) is 23.2 Å². The standard InChI is InChI=1S/C15H10Cl2N2OS2/c1-2-7-19-13-10(6-5-9(16)12(13)17)22-15(19)18-14(20)11-4-3-8-21-11/h2-6,8H,1,7H2. The summed E-state index contributed by atoms with van der Waals surface area (Å²) in [4.78, 5) is 17.6. The number of thiazole rings is 1. The second kappa shape index (κ2) is 6.38. The molecular formula is C15H10Cl2N2OS2. The number of carbonyl (C=O) groups excluding carboxylic acids is 1. The Kier molecular flexibility index (Phi) is 4.49. The quantitative estimate of drug-likeness (QED) is 0.599. The predicted molar refractivity (Wildman–Crippen MR) is 94.2 cm³/mol. The summed E-state index contributed by atoms with van der Waals surface area (Å²) in [6.45, 7) is 4.24. The zero-order valence-electron chi connectivity index (χ0n) is 11.3. The molecule has 1 aromatic carbocycles. The molecule has 1 amide bonds. The van der Waals surface area contributed by atoms with Crippen molar-refractivity contribution in [3.63, 3.8) is 0 Å². The fraction of sp³-hybridized carbons (Fsp3) is 0.0667. The lowest BCUT2D eigenvalue weighted by molar-refractivity contribution is 0.100. The van der Waals surface area contributed by atoms with Gasteiger partial charge in [0.15, 0.2) is 4.80 Å². The van der Waals surface area contributed by atoms with Crippen LogP contribution in [0.15, 0.2) is 47.3 Å². The van der Waals surface area contributed by atoms with E-state index in [1.54, 1.807) is 18.2 Å². The third kappa shape index (κ3) is 2.77. The zero-order valence-corrected chi connectivity index (χ0v) is 14.4. The van der Waals surface area contributed by atoms with Gasteiger partial charge in [0.25, 0.3) is 5.91 Å². The molecular weight excluding hydrogens is 359 g/mol. The second-order valence-corrected chi connectivity index (χ2v) is 7.13. The molecule has 0 saturated carbocycles. The van der Waals surface area contributed by atoms with Crippen molar-refractivity contribution in [2.45, 2.75) is 6.54 Å². The number of halogens is 2. The molecule has 22 heavy (non-hydrogen) atoms. The minimum atomic E-state index is -0.262. The lowest BCUT2D eigenvalue weighted by atomic mass is 10.3. The fourth-order valence-electron chi connectivity index (χ4n) is 2.03. The smallest absolute Gasteiger partial charge is 0.289 e.